The van der Waals surface area contributed by atoms with E-state index in [1.165, 1.54) is 55.5 Å². The van der Waals surface area contributed by atoms with Crippen LogP contribution in [-0.2, 0) is 0 Å². The lowest BCUT2D eigenvalue weighted by molar-refractivity contribution is -0.0572. The van der Waals surface area contributed by atoms with Gasteiger partial charge in [-0.05, 0) is 91.1 Å². The number of benzene rings is 2. The molecule has 0 amide bonds. The molecule has 182 valence electrons. The smallest absolute Gasteiger partial charge is 0.118 e. The minimum absolute atomic E-state index is 0.409. The van der Waals surface area contributed by atoms with E-state index in [2.05, 4.69) is 71.9 Å². The second-order valence-corrected chi connectivity index (χ2v) is 11.0. The lowest BCUT2D eigenvalue weighted by Crippen LogP contribution is -2.59. The molecule has 2 aromatic rings. The second kappa shape index (κ2) is 9.75. The van der Waals surface area contributed by atoms with Crippen molar-refractivity contribution in [1.82, 2.24) is 15.1 Å². The maximum Gasteiger partial charge on any atom is 0.118 e. The number of hydrogen-bond acceptors (Lipinski definition) is 4. The molecule has 1 aliphatic carbocycles. The van der Waals surface area contributed by atoms with E-state index in [1.807, 2.05) is 12.1 Å². The number of rotatable bonds is 6. The first-order valence-electron chi connectivity index (χ1n) is 13.1. The quantitative estimate of drug-likeness (QED) is 0.601. The van der Waals surface area contributed by atoms with Crippen molar-refractivity contribution in [3.63, 3.8) is 0 Å². The Morgan fingerprint density at radius 2 is 1.74 bits per heavy atom. The molecule has 0 radical (unpaired) electrons. The molecule has 3 aliphatic rings. The van der Waals surface area contributed by atoms with Crippen molar-refractivity contribution < 1.29 is 4.74 Å². The van der Waals surface area contributed by atoms with Crippen LogP contribution in [-0.4, -0.2) is 55.7 Å². The first-order valence-corrected chi connectivity index (χ1v) is 13.1. The van der Waals surface area contributed by atoms with E-state index in [0.717, 1.165) is 31.1 Å². The number of hydrogen-bond donors (Lipinski definition) is 1. The summed E-state index contributed by atoms with van der Waals surface area (Å²) in [4.78, 5) is 5.37. The summed E-state index contributed by atoms with van der Waals surface area (Å²) in [5.41, 5.74) is 5.91. The zero-order valence-corrected chi connectivity index (χ0v) is 21.2. The minimum atomic E-state index is 0.409. The van der Waals surface area contributed by atoms with Crippen LogP contribution in [0.1, 0.15) is 68.2 Å². The van der Waals surface area contributed by atoms with E-state index in [1.54, 1.807) is 7.11 Å². The van der Waals surface area contributed by atoms with Crippen molar-refractivity contribution in [1.29, 1.82) is 0 Å². The number of nitrogens with one attached hydrogen (secondary N) is 1. The molecule has 0 bridgehead atoms. The normalized spacial score (nSPS) is 23.2. The predicted molar refractivity (Wildman–Crippen MR) is 141 cm³/mol. The van der Waals surface area contributed by atoms with Crippen molar-refractivity contribution in [2.75, 3.05) is 39.8 Å². The SMILES string of the molecule is C=C(c1ccc(OC)cc1)N1CCN(C2CC3(CCNCC3)C2)C(c2ccccc2C(C)C)C1. The topological polar surface area (TPSA) is 27.7 Å². The van der Waals surface area contributed by atoms with Crippen LogP contribution in [0.5, 0.6) is 5.75 Å². The molecule has 1 spiro atoms. The third-order valence-corrected chi connectivity index (χ3v) is 8.67. The molecule has 5 rings (SSSR count). The van der Waals surface area contributed by atoms with Crippen LogP contribution in [0, 0.1) is 5.41 Å². The fourth-order valence-corrected chi connectivity index (χ4v) is 6.60. The van der Waals surface area contributed by atoms with Crippen LogP contribution in [0.4, 0.5) is 0 Å². The summed E-state index contributed by atoms with van der Waals surface area (Å²) in [5, 5.41) is 3.56. The van der Waals surface area contributed by atoms with Crippen molar-refractivity contribution >= 4 is 5.70 Å². The lowest BCUT2D eigenvalue weighted by atomic mass is 9.60. The van der Waals surface area contributed by atoms with E-state index in [-0.39, 0.29) is 0 Å². The van der Waals surface area contributed by atoms with Gasteiger partial charge in [-0.1, -0.05) is 44.7 Å². The van der Waals surface area contributed by atoms with E-state index in [4.69, 9.17) is 4.74 Å². The maximum absolute atomic E-state index is 5.36. The van der Waals surface area contributed by atoms with E-state index < -0.39 is 0 Å². The molecule has 2 heterocycles. The summed E-state index contributed by atoms with van der Waals surface area (Å²) in [6.07, 6.45) is 5.44. The highest BCUT2D eigenvalue weighted by Crippen LogP contribution is 2.52. The first-order chi connectivity index (χ1) is 16.5. The molecule has 2 saturated heterocycles. The molecule has 3 fully saturated rings. The average molecular weight is 460 g/mol. The van der Waals surface area contributed by atoms with Gasteiger partial charge in [-0.15, -0.1) is 0 Å². The Labute approximate surface area is 206 Å². The van der Waals surface area contributed by atoms with Gasteiger partial charge in [-0.2, -0.15) is 0 Å². The molecule has 1 atom stereocenters. The molecule has 2 aliphatic heterocycles. The van der Waals surface area contributed by atoms with Crippen LogP contribution in [0.2, 0.25) is 0 Å². The highest BCUT2D eigenvalue weighted by Gasteiger charge is 2.49. The van der Waals surface area contributed by atoms with Crippen LogP contribution >= 0.6 is 0 Å². The Hall–Kier alpha value is -2.30. The summed E-state index contributed by atoms with van der Waals surface area (Å²) in [7, 11) is 1.72. The largest absolute Gasteiger partial charge is 0.497 e. The predicted octanol–water partition coefficient (Wildman–Crippen LogP) is 5.68. The highest BCUT2D eigenvalue weighted by atomic mass is 16.5. The number of methoxy groups -OCH3 is 1. The Morgan fingerprint density at radius 1 is 1.03 bits per heavy atom. The van der Waals surface area contributed by atoms with Gasteiger partial charge >= 0.3 is 0 Å². The molecule has 0 aromatic heterocycles. The minimum Gasteiger partial charge on any atom is -0.497 e. The van der Waals surface area contributed by atoms with Crippen molar-refractivity contribution in [3.8, 4) is 5.75 Å². The third-order valence-electron chi connectivity index (χ3n) is 8.67. The standard InChI is InChI=1S/C30H41N3O/c1-22(2)27-7-5-6-8-28(27)29-21-32(23(3)24-9-11-26(34-4)12-10-24)17-18-33(29)25-19-30(20-25)13-15-31-16-14-30/h5-12,22,25,29,31H,3,13-21H2,1-2,4H3. The summed E-state index contributed by atoms with van der Waals surface area (Å²) in [6, 6.07) is 18.6. The second-order valence-electron chi connectivity index (χ2n) is 11.0. The number of piperidine rings is 1. The van der Waals surface area contributed by atoms with Gasteiger partial charge in [0.2, 0.25) is 0 Å². The van der Waals surface area contributed by atoms with Gasteiger partial charge in [0.15, 0.2) is 0 Å². The number of piperazine rings is 1. The molecular formula is C30H41N3O. The molecular weight excluding hydrogens is 418 g/mol. The average Bonchev–Trinajstić information content (AvgIpc) is 2.87. The van der Waals surface area contributed by atoms with Crippen molar-refractivity contribution in [3.05, 3.63) is 71.8 Å². The number of ether oxygens (including phenoxy) is 1. The molecule has 2 aromatic carbocycles. The summed E-state index contributed by atoms with van der Waals surface area (Å²) >= 11 is 0. The molecule has 1 N–H and O–H groups in total. The van der Waals surface area contributed by atoms with Gasteiger partial charge in [-0.25, -0.2) is 0 Å². The van der Waals surface area contributed by atoms with E-state index in [0.29, 0.717) is 23.4 Å². The van der Waals surface area contributed by atoms with E-state index in [9.17, 15) is 0 Å². The first kappa shape index (κ1) is 23.4. The fourth-order valence-electron chi connectivity index (χ4n) is 6.60. The van der Waals surface area contributed by atoms with Gasteiger partial charge in [0, 0.05) is 31.4 Å². The van der Waals surface area contributed by atoms with Gasteiger partial charge in [0.1, 0.15) is 5.75 Å². The van der Waals surface area contributed by atoms with Gasteiger partial charge < -0.3 is 15.0 Å². The number of nitrogens with zero attached hydrogens (tertiary/aromatic N) is 2. The Bertz CT molecular complexity index is 984. The van der Waals surface area contributed by atoms with Crippen LogP contribution in [0.25, 0.3) is 5.70 Å². The molecule has 34 heavy (non-hydrogen) atoms. The molecule has 1 saturated carbocycles. The zero-order chi connectivity index (χ0) is 23.7. The zero-order valence-electron chi connectivity index (χ0n) is 21.2. The summed E-state index contributed by atoms with van der Waals surface area (Å²) in [6.45, 7) is 14.7. The van der Waals surface area contributed by atoms with Gasteiger partial charge in [0.25, 0.3) is 0 Å². The molecule has 4 nitrogen and oxygen atoms in total. The lowest BCUT2D eigenvalue weighted by Gasteiger charge is -2.57. The van der Waals surface area contributed by atoms with Gasteiger partial charge in [-0.3, -0.25) is 4.90 Å². The molecule has 4 heteroatoms. The van der Waals surface area contributed by atoms with Crippen LogP contribution < -0.4 is 10.1 Å². The highest BCUT2D eigenvalue weighted by molar-refractivity contribution is 5.62. The summed E-state index contributed by atoms with van der Waals surface area (Å²) < 4.78 is 5.36. The van der Waals surface area contributed by atoms with Gasteiger partial charge in [0.05, 0.1) is 13.2 Å². The van der Waals surface area contributed by atoms with E-state index >= 15 is 0 Å². The Kier molecular flexibility index (Phi) is 6.72. The fraction of sp³-hybridized carbons (Fsp3) is 0.533. The van der Waals surface area contributed by atoms with Crippen LogP contribution in [0.3, 0.4) is 0 Å². The van der Waals surface area contributed by atoms with Crippen LogP contribution in [0.15, 0.2) is 55.1 Å². The Morgan fingerprint density at radius 3 is 2.41 bits per heavy atom. The summed E-state index contributed by atoms with van der Waals surface area (Å²) in [5.74, 6) is 1.41. The van der Waals surface area contributed by atoms with Crippen molar-refractivity contribution in [2.24, 2.45) is 5.41 Å². The molecule has 1 unspecified atom stereocenters. The third kappa shape index (κ3) is 4.50. The Balaban J connectivity index is 1.39. The van der Waals surface area contributed by atoms with Crippen molar-refractivity contribution in [2.45, 2.75) is 57.5 Å². The maximum atomic E-state index is 5.36. The monoisotopic (exact) mass is 459 g/mol.